The molecule has 0 aliphatic carbocycles. The second kappa shape index (κ2) is 4.05. The molecule has 0 bridgehead atoms. The molecule has 0 amide bonds. The summed E-state index contributed by atoms with van der Waals surface area (Å²) in [6.45, 7) is 1.80. The van der Waals surface area contributed by atoms with Crippen molar-refractivity contribution in [2.75, 3.05) is 0 Å². The summed E-state index contributed by atoms with van der Waals surface area (Å²) in [4.78, 5) is 14.3. The summed E-state index contributed by atoms with van der Waals surface area (Å²) in [5, 5.41) is 10.8. The predicted octanol–water partition coefficient (Wildman–Crippen LogP) is 3.20. The summed E-state index contributed by atoms with van der Waals surface area (Å²) in [5.41, 5.74) is 1.31. The standard InChI is InChI=1S/C10H8BrN3O2/c1-2-5-13-9-4-3-7(11)6-8(9)12-10(13)14(15)16/h2-6H,1H3/b5-2+. The van der Waals surface area contributed by atoms with Gasteiger partial charge in [0.15, 0.2) is 5.52 Å². The number of aromatic nitrogens is 2. The molecule has 0 saturated carbocycles. The van der Waals surface area contributed by atoms with Crippen LogP contribution >= 0.6 is 15.9 Å². The van der Waals surface area contributed by atoms with E-state index in [1.54, 1.807) is 31.3 Å². The average Bonchev–Trinajstić information content (AvgIpc) is 2.57. The fraction of sp³-hybridized carbons (Fsp3) is 0.100. The van der Waals surface area contributed by atoms with E-state index in [1.165, 1.54) is 4.57 Å². The second-order valence-electron chi connectivity index (χ2n) is 3.15. The van der Waals surface area contributed by atoms with Crippen molar-refractivity contribution in [2.45, 2.75) is 6.92 Å². The maximum absolute atomic E-state index is 10.8. The van der Waals surface area contributed by atoms with Gasteiger partial charge in [0.05, 0.1) is 6.20 Å². The summed E-state index contributed by atoms with van der Waals surface area (Å²) in [6, 6.07) is 5.37. The van der Waals surface area contributed by atoms with E-state index in [4.69, 9.17) is 0 Å². The molecule has 2 rings (SSSR count). The minimum Gasteiger partial charge on any atom is -0.390 e. The lowest BCUT2D eigenvalue weighted by Crippen LogP contribution is -1.96. The van der Waals surface area contributed by atoms with Crippen LogP contribution in [-0.4, -0.2) is 14.5 Å². The van der Waals surface area contributed by atoms with E-state index in [-0.39, 0.29) is 5.95 Å². The van der Waals surface area contributed by atoms with Crippen molar-refractivity contribution in [2.24, 2.45) is 0 Å². The van der Waals surface area contributed by atoms with Gasteiger partial charge in [-0.2, -0.15) is 4.57 Å². The highest BCUT2D eigenvalue weighted by molar-refractivity contribution is 9.10. The molecule has 0 unspecified atom stereocenters. The molecule has 0 saturated heterocycles. The largest absolute Gasteiger partial charge is 0.440 e. The number of halogens is 1. The number of allylic oxidation sites excluding steroid dienone is 1. The highest BCUT2D eigenvalue weighted by Crippen LogP contribution is 2.24. The van der Waals surface area contributed by atoms with Crippen molar-refractivity contribution in [3.05, 3.63) is 38.9 Å². The Labute approximate surface area is 99.7 Å². The summed E-state index contributed by atoms with van der Waals surface area (Å²) >= 11 is 3.31. The Morgan fingerprint density at radius 1 is 1.56 bits per heavy atom. The van der Waals surface area contributed by atoms with Gasteiger partial charge in [0.25, 0.3) is 0 Å². The molecule has 0 N–H and O–H groups in total. The average molecular weight is 282 g/mol. The molecule has 16 heavy (non-hydrogen) atoms. The lowest BCUT2D eigenvalue weighted by atomic mass is 10.3. The van der Waals surface area contributed by atoms with Gasteiger partial charge >= 0.3 is 5.95 Å². The van der Waals surface area contributed by atoms with Gasteiger partial charge in [-0.3, -0.25) is 0 Å². The topological polar surface area (TPSA) is 61.0 Å². The van der Waals surface area contributed by atoms with Gasteiger partial charge in [0, 0.05) is 4.47 Å². The number of nitro groups is 1. The van der Waals surface area contributed by atoms with Crippen LogP contribution in [0.1, 0.15) is 6.92 Å². The number of hydrogen-bond acceptors (Lipinski definition) is 3. The van der Waals surface area contributed by atoms with E-state index in [1.807, 2.05) is 6.07 Å². The van der Waals surface area contributed by atoms with Crippen molar-refractivity contribution in [1.82, 2.24) is 9.55 Å². The van der Waals surface area contributed by atoms with Crippen LogP contribution in [0.15, 0.2) is 28.7 Å². The molecular formula is C10H8BrN3O2. The monoisotopic (exact) mass is 281 g/mol. The molecule has 1 aromatic carbocycles. The van der Waals surface area contributed by atoms with Gasteiger partial charge in [0.2, 0.25) is 0 Å². The molecule has 0 radical (unpaired) electrons. The fourth-order valence-electron chi connectivity index (χ4n) is 1.48. The van der Waals surface area contributed by atoms with Crippen LogP contribution in [0.3, 0.4) is 0 Å². The predicted molar refractivity (Wildman–Crippen MR) is 65.1 cm³/mol. The zero-order chi connectivity index (χ0) is 11.7. The zero-order valence-electron chi connectivity index (χ0n) is 8.42. The maximum atomic E-state index is 10.8. The first-order chi connectivity index (χ1) is 7.63. The van der Waals surface area contributed by atoms with Crippen molar-refractivity contribution < 1.29 is 4.92 Å². The van der Waals surface area contributed by atoms with Crippen LogP contribution < -0.4 is 0 Å². The Kier molecular flexibility index (Phi) is 2.74. The second-order valence-corrected chi connectivity index (χ2v) is 4.07. The van der Waals surface area contributed by atoms with Crippen molar-refractivity contribution in [3.63, 3.8) is 0 Å². The molecule has 82 valence electrons. The van der Waals surface area contributed by atoms with Crippen LogP contribution in [0.25, 0.3) is 17.2 Å². The van der Waals surface area contributed by atoms with E-state index < -0.39 is 4.92 Å². The van der Waals surface area contributed by atoms with Crippen molar-refractivity contribution in [3.8, 4) is 0 Å². The Bertz CT molecular complexity index is 589. The normalized spacial score (nSPS) is 11.4. The molecule has 0 aliphatic rings. The third kappa shape index (κ3) is 1.71. The van der Waals surface area contributed by atoms with Crippen LogP contribution in [0.2, 0.25) is 0 Å². The molecule has 0 atom stereocenters. The third-order valence-corrected chi connectivity index (χ3v) is 2.59. The lowest BCUT2D eigenvalue weighted by molar-refractivity contribution is -0.395. The molecule has 6 heteroatoms. The van der Waals surface area contributed by atoms with Crippen LogP contribution in [0.4, 0.5) is 5.95 Å². The fourth-order valence-corrected chi connectivity index (χ4v) is 1.83. The summed E-state index contributed by atoms with van der Waals surface area (Å²) in [5.74, 6) is -0.175. The van der Waals surface area contributed by atoms with Gasteiger partial charge < -0.3 is 10.1 Å². The van der Waals surface area contributed by atoms with Crippen LogP contribution in [-0.2, 0) is 0 Å². The Morgan fingerprint density at radius 3 is 2.94 bits per heavy atom. The molecule has 0 spiro atoms. The highest BCUT2D eigenvalue weighted by Gasteiger charge is 2.19. The number of benzene rings is 1. The van der Waals surface area contributed by atoms with Gasteiger partial charge in [-0.25, -0.2) is 0 Å². The van der Waals surface area contributed by atoms with E-state index in [0.29, 0.717) is 11.0 Å². The first-order valence-electron chi connectivity index (χ1n) is 4.58. The van der Waals surface area contributed by atoms with E-state index in [9.17, 15) is 10.1 Å². The van der Waals surface area contributed by atoms with E-state index >= 15 is 0 Å². The smallest absolute Gasteiger partial charge is 0.390 e. The number of rotatable bonds is 2. The van der Waals surface area contributed by atoms with Gasteiger partial charge in [-0.15, -0.1) is 0 Å². The Morgan fingerprint density at radius 2 is 2.31 bits per heavy atom. The Balaban J connectivity index is 2.80. The number of hydrogen-bond donors (Lipinski definition) is 0. The number of imidazole rings is 1. The number of nitrogens with zero attached hydrogens (tertiary/aromatic N) is 3. The van der Waals surface area contributed by atoms with Crippen LogP contribution in [0.5, 0.6) is 0 Å². The molecular weight excluding hydrogens is 274 g/mol. The third-order valence-electron chi connectivity index (χ3n) is 2.09. The van der Waals surface area contributed by atoms with Gasteiger partial charge in [-0.1, -0.05) is 27.0 Å². The maximum Gasteiger partial charge on any atom is 0.440 e. The molecule has 1 heterocycles. The first-order valence-corrected chi connectivity index (χ1v) is 5.37. The van der Waals surface area contributed by atoms with Crippen molar-refractivity contribution >= 4 is 39.1 Å². The summed E-state index contributed by atoms with van der Waals surface area (Å²) in [7, 11) is 0. The lowest BCUT2D eigenvalue weighted by Gasteiger charge is -1.94. The quantitative estimate of drug-likeness (QED) is 0.627. The molecule has 5 nitrogen and oxygen atoms in total. The van der Waals surface area contributed by atoms with Crippen molar-refractivity contribution in [1.29, 1.82) is 0 Å². The first kappa shape index (κ1) is 10.8. The van der Waals surface area contributed by atoms with Gasteiger partial charge in [-0.05, 0) is 30.0 Å². The Hall–Kier alpha value is -1.69. The minimum absolute atomic E-state index is 0.175. The minimum atomic E-state index is -0.492. The summed E-state index contributed by atoms with van der Waals surface area (Å²) in [6.07, 6.45) is 3.36. The summed E-state index contributed by atoms with van der Waals surface area (Å²) < 4.78 is 2.31. The molecule has 0 aliphatic heterocycles. The van der Waals surface area contributed by atoms with Crippen LogP contribution in [0, 0.1) is 10.1 Å². The molecule has 0 fully saturated rings. The SMILES string of the molecule is C/C=C/n1c([N+](=O)[O-])nc2cc(Br)ccc21. The van der Waals surface area contributed by atoms with E-state index in [0.717, 1.165) is 4.47 Å². The van der Waals surface area contributed by atoms with Gasteiger partial charge in [0.1, 0.15) is 5.52 Å². The molecule has 1 aromatic heterocycles. The highest BCUT2D eigenvalue weighted by atomic mass is 79.9. The molecule has 2 aromatic rings. The number of fused-ring (bicyclic) bond motifs is 1. The zero-order valence-corrected chi connectivity index (χ0v) is 10.0. The van der Waals surface area contributed by atoms with E-state index in [2.05, 4.69) is 20.9 Å².